The number of ether oxygens (including phenoxy) is 4. The number of hydrogen-bond donors (Lipinski definition) is 1. The minimum Gasteiger partial charge on any atom is -0.497 e. The molecule has 1 N–H and O–H groups in total. The lowest BCUT2D eigenvalue weighted by atomic mass is 10.1. The molecule has 0 fully saturated rings. The molecule has 0 radical (unpaired) electrons. The Labute approximate surface area is 329 Å². The second kappa shape index (κ2) is 21.0. The van der Waals surface area contributed by atoms with E-state index >= 15 is 0 Å². The highest BCUT2D eigenvalue weighted by atomic mass is 28.4. The predicted octanol–water partition coefficient (Wildman–Crippen LogP) is 8.49. The van der Waals surface area contributed by atoms with Crippen molar-refractivity contribution in [3.05, 3.63) is 162 Å². The summed E-state index contributed by atoms with van der Waals surface area (Å²) in [4.78, 5) is 0. The molecule has 0 aliphatic carbocycles. The Kier molecular flexibility index (Phi) is 15.9. The van der Waals surface area contributed by atoms with Crippen molar-refractivity contribution in [1.82, 2.24) is 0 Å². The van der Waals surface area contributed by atoms with E-state index in [1.807, 2.05) is 79.7 Å². The van der Waals surface area contributed by atoms with Crippen molar-refractivity contribution in [3.8, 4) is 17.6 Å². The molecule has 5 rings (SSSR count). The fraction of sp³-hybridized carbons (Fsp3) is 0.333. The third kappa shape index (κ3) is 12.0. The van der Waals surface area contributed by atoms with Gasteiger partial charge in [0.1, 0.15) is 18.0 Å². The third-order valence-corrected chi connectivity index (χ3v) is 14.8. The summed E-state index contributed by atoms with van der Waals surface area (Å²) in [5.74, 6) is 7.12. The lowest BCUT2D eigenvalue weighted by Crippen LogP contribution is -2.66. The molecule has 5 aromatic carbocycles. The van der Waals surface area contributed by atoms with Gasteiger partial charge in [0.25, 0.3) is 8.32 Å². The molecule has 0 saturated carbocycles. The maximum Gasteiger partial charge on any atom is 0.261 e. The molecular weight excluding hydrogens is 701 g/mol. The van der Waals surface area contributed by atoms with E-state index in [0.29, 0.717) is 32.8 Å². The van der Waals surface area contributed by atoms with E-state index in [0.717, 1.165) is 28.9 Å². The van der Waals surface area contributed by atoms with Crippen LogP contribution >= 0.6 is 0 Å². The highest BCUT2D eigenvalue weighted by molar-refractivity contribution is 6.99. The highest BCUT2D eigenvalue weighted by Crippen LogP contribution is 2.37. The molecule has 4 atom stereocenters. The molecule has 5 aromatic rings. The van der Waals surface area contributed by atoms with Gasteiger partial charge in [-0.2, -0.15) is 0 Å². The quantitative estimate of drug-likeness (QED) is 0.0518. The van der Waals surface area contributed by atoms with Crippen molar-refractivity contribution in [1.29, 1.82) is 0 Å². The van der Waals surface area contributed by atoms with Crippen LogP contribution in [0.5, 0.6) is 5.75 Å². The normalized spacial score (nSPS) is 13.9. The van der Waals surface area contributed by atoms with E-state index in [4.69, 9.17) is 23.4 Å². The Morgan fingerprint density at radius 3 is 1.58 bits per heavy atom. The standard InChI is InChI=1S/C48H56O6Si/c1-38(51-35-41-28-30-42(50-5)31-29-41)45(49)32-33-47(53-37-40-21-12-7-13-22-40)46(52-36-39-19-10-6-11-20-39)27-18-34-54-55(48(2,3)4,43-23-14-8-15-24-43)44-25-16-9-17-26-44/h6-17,19-26,28-31,38,45-47,49H,18,27,34-37H2,1-5H3/t38-,45+,46+,47-/m1/s1. The summed E-state index contributed by atoms with van der Waals surface area (Å²) >= 11 is 0. The maximum absolute atomic E-state index is 11.2. The molecule has 0 aliphatic rings. The van der Waals surface area contributed by atoms with Crippen LogP contribution < -0.4 is 15.1 Å². The zero-order valence-electron chi connectivity index (χ0n) is 32.9. The number of methoxy groups -OCH3 is 1. The molecular formula is C48H56O6Si. The van der Waals surface area contributed by atoms with Crippen LogP contribution in [0.2, 0.25) is 5.04 Å². The van der Waals surface area contributed by atoms with E-state index in [1.165, 1.54) is 10.4 Å². The second-order valence-corrected chi connectivity index (χ2v) is 19.1. The number of aliphatic hydroxyl groups is 1. The van der Waals surface area contributed by atoms with Crippen LogP contribution in [0, 0.1) is 11.8 Å². The summed E-state index contributed by atoms with van der Waals surface area (Å²) < 4.78 is 31.8. The molecule has 0 aromatic heterocycles. The van der Waals surface area contributed by atoms with Gasteiger partial charge in [0.2, 0.25) is 0 Å². The largest absolute Gasteiger partial charge is 0.497 e. The first-order chi connectivity index (χ1) is 26.7. The summed E-state index contributed by atoms with van der Waals surface area (Å²) in [6.07, 6.45) is -1.23. The van der Waals surface area contributed by atoms with Crippen LogP contribution in [0.4, 0.5) is 0 Å². The van der Waals surface area contributed by atoms with Crippen LogP contribution in [-0.4, -0.2) is 51.6 Å². The van der Waals surface area contributed by atoms with Gasteiger partial charge in [0.15, 0.2) is 0 Å². The highest BCUT2D eigenvalue weighted by Gasteiger charge is 2.50. The van der Waals surface area contributed by atoms with Gasteiger partial charge in [0, 0.05) is 6.61 Å². The molecule has 0 heterocycles. The second-order valence-electron chi connectivity index (χ2n) is 14.8. The van der Waals surface area contributed by atoms with E-state index in [1.54, 1.807) is 7.11 Å². The monoisotopic (exact) mass is 756 g/mol. The average Bonchev–Trinajstić information content (AvgIpc) is 3.22. The Morgan fingerprint density at radius 2 is 1.07 bits per heavy atom. The van der Waals surface area contributed by atoms with Crippen molar-refractivity contribution >= 4 is 18.7 Å². The third-order valence-electron chi connectivity index (χ3n) is 9.78. The molecule has 7 heteroatoms. The molecule has 0 amide bonds. The SMILES string of the molecule is COc1ccc(CO[C@H](C)[C@@H](O)C#C[C@@H](OCc2ccccc2)[C@H](CCCO[Si](c2ccccc2)(c2ccccc2)C(C)(C)C)OCc2ccccc2)cc1. The van der Waals surface area contributed by atoms with Crippen molar-refractivity contribution in [2.24, 2.45) is 0 Å². The van der Waals surface area contributed by atoms with Crippen molar-refractivity contribution < 1.29 is 28.5 Å². The number of benzene rings is 5. The van der Waals surface area contributed by atoms with Crippen LogP contribution in [0.1, 0.15) is 57.2 Å². The Bertz CT molecular complexity index is 1830. The zero-order chi connectivity index (χ0) is 38.9. The summed E-state index contributed by atoms with van der Waals surface area (Å²) in [6, 6.07) is 49.3. The fourth-order valence-electron chi connectivity index (χ4n) is 6.70. The van der Waals surface area contributed by atoms with Gasteiger partial charge >= 0.3 is 0 Å². The Balaban J connectivity index is 1.37. The summed E-state index contributed by atoms with van der Waals surface area (Å²) in [6.45, 7) is 10.3. The van der Waals surface area contributed by atoms with Crippen molar-refractivity contribution in [2.45, 2.75) is 89.8 Å². The van der Waals surface area contributed by atoms with Gasteiger partial charge in [-0.05, 0) is 64.0 Å². The summed E-state index contributed by atoms with van der Waals surface area (Å²) in [7, 11) is -1.07. The Morgan fingerprint density at radius 1 is 0.600 bits per heavy atom. The number of aliphatic hydroxyl groups excluding tert-OH is 1. The molecule has 288 valence electrons. The lowest BCUT2D eigenvalue weighted by molar-refractivity contribution is -0.0657. The topological polar surface area (TPSA) is 66.4 Å². The van der Waals surface area contributed by atoms with E-state index in [2.05, 4.69) is 105 Å². The molecule has 0 spiro atoms. The lowest BCUT2D eigenvalue weighted by Gasteiger charge is -2.43. The molecule has 0 aliphatic heterocycles. The zero-order valence-corrected chi connectivity index (χ0v) is 33.9. The van der Waals surface area contributed by atoms with Gasteiger partial charge in [-0.3, -0.25) is 0 Å². The van der Waals surface area contributed by atoms with E-state index < -0.39 is 32.7 Å². The average molecular weight is 757 g/mol. The fourth-order valence-corrected chi connectivity index (χ4v) is 11.3. The molecule has 55 heavy (non-hydrogen) atoms. The van der Waals surface area contributed by atoms with Crippen molar-refractivity contribution in [3.63, 3.8) is 0 Å². The van der Waals surface area contributed by atoms with E-state index in [-0.39, 0.29) is 5.04 Å². The first-order valence-corrected chi connectivity index (χ1v) is 21.1. The smallest absolute Gasteiger partial charge is 0.261 e. The van der Waals surface area contributed by atoms with Gasteiger partial charge in [0.05, 0.1) is 39.1 Å². The first-order valence-electron chi connectivity index (χ1n) is 19.2. The summed E-state index contributed by atoms with van der Waals surface area (Å²) in [5.41, 5.74) is 3.07. The Hall–Kier alpha value is -4.52. The van der Waals surface area contributed by atoms with Crippen LogP contribution in [0.3, 0.4) is 0 Å². The van der Waals surface area contributed by atoms with Crippen LogP contribution in [0.25, 0.3) is 0 Å². The summed E-state index contributed by atoms with van der Waals surface area (Å²) in [5, 5.41) is 13.5. The molecule has 6 nitrogen and oxygen atoms in total. The molecule has 0 bridgehead atoms. The van der Waals surface area contributed by atoms with Gasteiger partial charge < -0.3 is 28.5 Å². The van der Waals surface area contributed by atoms with Crippen LogP contribution in [-0.2, 0) is 38.5 Å². The van der Waals surface area contributed by atoms with Crippen LogP contribution in [0.15, 0.2) is 146 Å². The molecule has 0 saturated heterocycles. The predicted molar refractivity (Wildman–Crippen MR) is 224 cm³/mol. The van der Waals surface area contributed by atoms with Gasteiger partial charge in [-0.1, -0.05) is 166 Å². The number of rotatable bonds is 19. The van der Waals surface area contributed by atoms with E-state index in [9.17, 15) is 5.11 Å². The minimum atomic E-state index is -2.71. The first kappa shape index (κ1) is 41.6. The minimum absolute atomic E-state index is 0.131. The van der Waals surface area contributed by atoms with Gasteiger partial charge in [-0.25, -0.2) is 0 Å². The number of hydrogen-bond acceptors (Lipinski definition) is 6. The molecule has 0 unspecified atom stereocenters. The van der Waals surface area contributed by atoms with Crippen molar-refractivity contribution in [2.75, 3.05) is 13.7 Å². The van der Waals surface area contributed by atoms with Gasteiger partial charge in [-0.15, -0.1) is 0 Å². The maximum atomic E-state index is 11.2.